The van der Waals surface area contributed by atoms with Gasteiger partial charge < -0.3 is 10.6 Å². The smallest absolute Gasteiger partial charge is 0.271 e. The SMILES string of the molecule is CC1CCCCN1C(=O)c1cc(-c2ccccc2)nc2c(C(N)=O)ncn12. The quantitative estimate of drug-likeness (QED) is 0.774. The first-order valence-electron chi connectivity index (χ1n) is 9.10. The minimum atomic E-state index is -0.667. The maximum absolute atomic E-state index is 13.3. The van der Waals surface area contributed by atoms with E-state index in [1.807, 2.05) is 35.2 Å². The predicted octanol–water partition coefficient (Wildman–Crippen LogP) is 2.51. The molecule has 0 spiro atoms. The van der Waals surface area contributed by atoms with E-state index < -0.39 is 5.91 Å². The van der Waals surface area contributed by atoms with Gasteiger partial charge in [-0.1, -0.05) is 30.3 Å². The van der Waals surface area contributed by atoms with Gasteiger partial charge in [0.2, 0.25) is 0 Å². The van der Waals surface area contributed by atoms with Crippen LogP contribution in [0, 0.1) is 0 Å². The van der Waals surface area contributed by atoms with Gasteiger partial charge in [-0.3, -0.25) is 14.0 Å². The lowest BCUT2D eigenvalue weighted by Gasteiger charge is -2.33. The van der Waals surface area contributed by atoms with Crippen LogP contribution in [-0.4, -0.2) is 43.7 Å². The Morgan fingerprint density at radius 1 is 1.19 bits per heavy atom. The largest absolute Gasteiger partial charge is 0.364 e. The van der Waals surface area contributed by atoms with Gasteiger partial charge in [-0.15, -0.1) is 0 Å². The Bertz CT molecular complexity index is 1010. The van der Waals surface area contributed by atoms with Crippen molar-refractivity contribution in [2.24, 2.45) is 5.73 Å². The van der Waals surface area contributed by atoms with Crippen molar-refractivity contribution in [3.8, 4) is 11.3 Å². The number of nitrogens with two attached hydrogens (primary N) is 1. The third-order valence-corrected chi connectivity index (χ3v) is 5.09. The molecular formula is C20H21N5O2. The van der Waals surface area contributed by atoms with E-state index in [-0.39, 0.29) is 17.6 Å². The molecule has 1 saturated heterocycles. The fourth-order valence-corrected chi connectivity index (χ4v) is 3.61. The number of imidazole rings is 1. The number of rotatable bonds is 3. The molecule has 1 atom stereocenters. The van der Waals surface area contributed by atoms with Gasteiger partial charge in [0.1, 0.15) is 12.0 Å². The molecule has 0 aliphatic carbocycles. The maximum Gasteiger partial charge on any atom is 0.271 e. The standard InChI is InChI=1S/C20H21N5O2/c1-13-7-5-6-10-24(13)20(27)16-11-15(14-8-3-2-4-9-14)23-19-17(18(21)26)22-12-25(16)19/h2-4,8-9,11-13H,5-7,10H2,1H3,(H2,21,26). The molecule has 1 aliphatic rings. The number of carbonyl (C=O) groups excluding carboxylic acids is 2. The second-order valence-corrected chi connectivity index (χ2v) is 6.89. The number of aromatic nitrogens is 3. The van der Waals surface area contributed by atoms with Crippen molar-refractivity contribution in [1.29, 1.82) is 0 Å². The monoisotopic (exact) mass is 363 g/mol. The van der Waals surface area contributed by atoms with Crippen LogP contribution in [0.3, 0.4) is 0 Å². The summed E-state index contributed by atoms with van der Waals surface area (Å²) in [5.41, 5.74) is 7.73. The molecule has 3 aromatic rings. The number of amides is 2. The highest BCUT2D eigenvalue weighted by Crippen LogP contribution is 2.24. The van der Waals surface area contributed by atoms with Crippen LogP contribution >= 0.6 is 0 Å². The van der Waals surface area contributed by atoms with Crippen LogP contribution in [-0.2, 0) is 0 Å². The van der Waals surface area contributed by atoms with Gasteiger partial charge in [0.25, 0.3) is 11.8 Å². The van der Waals surface area contributed by atoms with E-state index in [0.29, 0.717) is 17.0 Å². The molecule has 2 amide bonds. The fraction of sp³-hybridized carbons (Fsp3) is 0.300. The van der Waals surface area contributed by atoms with Crippen molar-refractivity contribution in [2.75, 3.05) is 6.54 Å². The van der Waals surface area contributed by atoms with Crippen molar-refractivity contribution in [1.82, 2.24) is 19.3 Å². The molecular weight excluding hydrogens is 342 g/mol. The van der Waals surface area contributed by atoms with E-state index in [9.17, 15) is 9.59 Å². The van der Waals surface area contributed by atoms with Gasteiger partial charge in [0, 0.05) is 18.2 Å². The van der Waals surface area contributed by atoms with Gasteiger partial charge >= 0.3 is 0 Å². The lowest BCUT2D eigenvalue weighted by molar-refractivity contribution is 0.0627. The Labute approximate surface area is 156 Å². The molecule has 0 radical (unpaired) electrons. The minimum Gasteiger partial charge on any atom is -0.364 e. The molecule has 27 heavy (non-hydrogen) atoms. The van der Waals surface area contributed by atoms with E-state index in [0.717, 1.165) is 31.4 Å². The molecule has 1 unspecified atom stereocenters. The Balaban J connectivity index is 1.90. The van der Waals surface area contributed by atoms with Crippen molar-refractivity contribution in [3.63, 3.8) is 0 Å². The summed E-state index contributed by atoms with van der Waals surface area (Å²) in [4.78, 5) is 35.6. The number of carbonyl (C=O) groups is 2. The number of fused-ring (bicyclic) bond motifs is 1. The summed E-state index contributed by atoms with van der Waals surface area (Å²) in [7, 11) is 0. The normalized spacial score (nSPS) is 17.2. The molecule has 3 heterocycles. The van der Waals surface area contributed by atoms with Crippen molar-refractivity contribution < 1.29 is 9.59 Å². The topological polar surface area (TPSA) is 93.6 Å². The van der Waals surface area contributed by atoms with Gasteiger partial charge in [0.05, 0.1) is 5.69 Å². The summed E-state index contributed by atoms with van der Waals surface area (Å²) >= 11 is 0. The zero-order valence-electron chi connectivity index (χ0n) is 15.1. The molecule has 0 bridgehead atoms. The molecule has 138 valence electrons. The lowest BCUT2D eigenvalue weighted by atomic mass is 10.0. The molecule has 0 saturated carbocycles. The number of piperidine rings is 1. The summed E-state index contributed by atoms with van der Waals surface area (Å²) in [5, 5.41) is 0. The van der Waals surface area contributed by atoms with Crippen LogP contribution in [0.2, 0.25) is 0 Å². The maximum atomic E-state index is 13.3. The zero-order valence-corrected chi connectivity index (χ0v) is 15.1. The van der Waals surface area contributed by atoms with Crippen LogP contribution in [0.5, 0.6) is 0 Å². The molecule has 7 nitrogen and oxygen atoms in total. The third kappa shape index (κ3) is 3.05. The number of hydrogen-bond acceptors (Lipinski definition) is 4. The van der Waals surface area contributed by atoms with Gasteiger partial charge in [-0.05, 0) is 32.3 Å². The van der Waals surface area contributed by atoms with E-state index in [4.69, 9.17) is 5.73 Å². The molecule has 7 heteroatoms. The summed E-state index contributed by atoms with van der Waals surface area (Å²) < 4.78 is 1.57. The summed E-state index contributed by atoms with van der Waals surface area (Å²) in [6, 6.07) is 11.5. The molecule has 1 fully saturated rings. The Hall–Kier alpha value is -3.22. The summed E-state index contributed by atoms with van der Waals surface area (Å²) in [6.45, 7) is 2.79. The van der Waals surface area contributed by atoms with Gasteiger partial charge in [-0.2, -0.15) is 0 Å². The number of nitrogens with zero attached hydrogens (tertiary/aromatic N) is 4. The lowest BCUT2D eigenvalue weighted by Crippen LogP contribution is -2.42. The van der Waals surface area contributed by atoms with Crippen molar-refractivity contribution in [2.45, 2.75) is 32.2 Å². The number of benzene rings is 1. The highest BCUT2D eigenvalue weighted by molar-refractivity contribution is 5.99. The molecule has 4 rings (SSSR count). The second-order valence-electron chi connectivity index (χ2n) is 6.89. The van der Waals surface area contributed by atoms with Crippen LogP contribution in [0.25, 0.3) is 16.9 Å². The van der Waals surface area contributed by atoms with E-state index in [1.54, 1.807) is 10.5 Å². The van der Waals surface area contributed by atoms with E-state index in [1.165, 1.54) is 6.33 Å². The molecule has 2 aromatic heterocycles. The first-order chi connectivity index (χ1) is 13.1. The number of primary amides is 1. The predicted molar refractivity (Wildman–Crippen MR) is 101 cm³/mol. The average molecular weight is 363 g/mol. The average Bonchev–Trinajstić information content (AvgIpc) is 3.12. The number of likely N-dealkylation sites (tertiary alicyclic amines) is 1. The second kappa shape index (κ2) is 6.83. The molecule has 1 aromatic carbocycles. The van der Waals surface area contributed by atoms with Gasteiger partial charge in [-0.25, -0.2) is 9.97 Å². The summed E-state index contributed by atoms with van der Waals surface area (Å²) in [5.74, 6) is -0.750. The van der Waals surface area contributed by atoms with Crippen LogP contribution in [0.15, 0.2) is 42.7 Å². The Morgan fingerprint density at radius 2 is 1.96 bits per heavy atom. The number of hydrogen-bond donors (Lipinski definition) is 1. The van der Waals surface area contributed by atoms with E-state index in [2.05, 4.69) is 16.9 Å². The minimum absolute atomic E-state index is 0.0634. The molecule has 2 N–H and O–H groups in total. The first kappa shape index (κ1) is 17.2. The van der Waals surface area contributed by atoms with E-state index >= 15 is 0 Å². The first-order valence-corrected chi connectivity index (χ1v) is 9.10. The van der Waals surface area contributed by atoms with Crippen LogP contribution in [0.1, 0.15) is 47.2 Å². The highest BCUT2D eigenvalue weighted by atomic mass is 16.2. The van der Waals surface area contributed by atoms with Crippen LogP contribution < -0.4 is 5.73 Å². The van der Waals surface area contributed by atoms with Crippen molar-refractivity contribution >= 4 is 17.5 Å². The third-order valence-electron chi connectivity index (χ3n) is 5.09. The summed E-state index contributed by atoms with van der Waals surface area (Å²) in [6.07, 6.45) is 4.55. The van der Waals surface area contributed by atoms with Crippen LogP contribution in [0.4, 0.5) is 0 Å². The van der Waals surface area contributed by atoms with Crippen molar-refractivity contribution in [3.05, 3.63) is 54.1 Å². The highest BCUT2D eigenvalue weighted by Gasteiger charge is 2.27. The Morgan fingerprint density at radius 3 is 2.67 bits per heavy atom. The molecule has 1 aliphatic heterocycles. The fourth-order valence-electron chi connectivity index (χ4n) is 3.61. The zero-order chi connectivity index (χ0) is 19.0. The Kier molecular flexibility index (Phi) is 4.35. The van der Waals surface area contributed by atoms with Gasteiger partial charge in [0.15, 0.2) is 11.3 Å².